The number of benzene rings is 2. The van der Waals surface area contributed by atoms with Gasteiger partial charge in [-0.3, -0.25) is 0 Å². The number of amides is 1. The zero-order chi connectivity index (χ0) is 15.6. The van der Waals surface area contributed by atoms with Gasteiger partial charge in [0.2, 0.25) is 0 Å². The Balaban J connectivity index is 1.64. The minimum atomic E-state index is -0.455. The number of rotatable bonds is 6. The molecule has 4 heteroatoms. The molecule has 0 saturated carbocycles. The fourth-order valence-corrected chi connectivity index (χ4v) is 1.85. The van der Waals surface area contributed by atoms with Crippen LogP contribution in [0.15, 0.2) is 60.7 Å². The second-order valence-corrected chi connectivity index (χ2v) is 4.70. The number of alkyl carbamates (subject to hydrolysis) is 1. The molecule has 3 nitrogen and oxygen atoms in total. The van der Waals surface area contributed by atoms with Crippen molar-refractivity contribution in [1.29, 1.82) is 0 Å². The van der Waals surface area contributed by atoms with Crippen molar-refractivity contribution in [3.63, 3.8) is 0 Å². The topological polar surface area (TPSA) is 38.3 Å². The van der Waals surface area contributed by atoms with Gasteiger partial charge in [-0.15, -0.1) is 0 Å². The van der Waals surface area contributed by atoms with Crippen LogP contribution in [0.25, 0.3) is 6.08 Å². The lowest BCUT2D eigenvalue weighted by molar-refractivity contribution is 0.140. The number of carbonyl (C=O) groups is 1. The van der Waals surface area contributed by atoms with Crippen molar-refractivity contribution in [1.82, 2.24) is 5.32 Å². The number of halogens is 1. The van der Waals surface area contributed by atoms with Crippen LogP contribution in [-0.2, 0) is 11.3 Å². The van der Waals surface area contributed by atoms with Gasteiger partial charge in [0.1, 0.15) is 12.4 Å². The Hall–Kier alpha value is -2.62. The minimum Gasteiger partial charge on any atom is -0.445 e. The SMILES string of the molecule is O=C(NCCC=Cc1ccccc1F)OCc1ccccc1. The maximum absolute atomic E-state index is 13.3. The quantitative estimate of drug-likeness (QED) is 0.814. The highest BCUT2D eigenvalue weighted by atomic mass is 19.1. The van der Waals surface area contributed by atoms with Gasteiger partial charge in [-0.25, -0.2) is 9.18 Å². The molecule has 0 atom stereocenters. The molecule has 0 fully saturated rings. The molecule has 0 aliphatic heterocycles. The molecular formula is C18H18FNO2. The van der Waals surface area contributed by atoms with Gasteiger partial charge in [0.05, 0.1) is 0 Å². The van der Waals surface area contributed by atoms with Gasteiger partial charge in [-0.2, -0.15) is 0 Å². The molecule has 0 aliphatic rings. The molecule has 0 spiro atoms. The van der Waals surface area contributed by atoms with E-state index in [1.54, 1.807) is 24.3 Å². The van der Waals surface area contributed by atoms with Gasteiger partial charge in [0.15, 0.2) is 0 Å². The van der Waals surface area contributed by atoms with Crippen LogP contribution in [0.2, 0.25) is 0 Å². The Morgan fingerprint density at radius 1 is 1.09 bits per heavy atom. The number of ether oxygens (including phenoxy) is 1. The lowest BCUT2D eigenvalue weighted by Crippen LogP contribution is -2.24. The normalized spacial score (nSPS) is 10.6. The second-order valence-electron chi connectivity index (χ2n) is 4.70. The predicted molar refractivity (Wildman–Crippen MR) is 84.7 cm³/mol. The second kappa shape index (κ2) is 8.62. The van der Waals surface area contributed by atoms with Gasteiger partial charge in [0, 0.05) is 12.1 Å². The van der Waals surface area contributed by atoms with E-state index in [1.165, 1.54) is 6.07 Å². The average Bonchev–Trinajstić information content (AvgIpc) is 2.55. The van der Waals surface area contributed by atoms with Crippen LogP contribution in [-0.4, -0.2) is 12.6 Å². The Labute approximate surface area is 129 Å². The molecule has 0 saturated heterocycles. The highest BCUT2D eigenvalue weighted by Crippen LogP contribution is 2.08. The van der Waals surface area contributed by atoms with Gasteiger partial charge >= 0.3 is 6.09 Å². The molecule has 22 heavy (non-hydrogen) atoms. The van der Waals surface area contributed by atoms with Gasteiger partial charge in [-0.1, -0.05) is 60.7 Å². The van der Waals surface area contributed by atoms with Crippen molar-refractivity contribution >= 4 is 12.2 Å². The highest BCUT2D eigenvalue weighted by Gasteiger charge is 2.00. The first-order valence-corrected chi connectivity index (χ1v) is 7.11. The summed E-state index contributed by atoms with van der Waals surface area (Å²) in [4.78, 5) is 11.5. The van der Waals surface area contributed by atoms with Gasteiger partial charge in [0.25, 0.3) is 0 Å². The fraction of sp³-hybridized carbons (Fsp3) is 0.167. The summed E-state index contributed by atoms with van der Waals surface area (Å²) in [6.07, 6.45) is 3.67. The van der Waals surface area contributed by atoms with Gasteiger partial charge in [-0.05, 0) is 18.1 Å². The summed E-state index contributed by atoms with van der Waals surface area (Å²) in [5, 5.41) is 2.65. The third kappa shape index (κ3) is 5.40. The predicted octanol–water partition coefficient (Wildman–Crippen LogP) is 4.16. The summed E-state index contributed by atoms with van der Waals surface area (Å²) in [7, 11) is 0. The molecule has 0 aromatic heterocycles. The molecular weight excluding hydrogens is 281 g/mol. The van der Waals surface area contributed by atoms with Crippen molar-refractivity contribution in [2.45, 2.75) is 13.0 Å². The van der Waals surface area contributed by atoms with E-state index < -0.39 is 6.09 Å². The fourth-order valence-electron chi connectivity index (χ4n) is 1.85. The molecule has 0 bridgehead atoms. The van der Waals surface area contributed by atoms with Crippen LogP contribution in [0.4, 0.5) is 9.18 Å². The van der Waals surface area contributed by atoms with Crippen molar-refractivity contribution in [3.8, 4) is 0 Å². The summed E-state index contributed by atoms with van der Waals surface area (Å²) in [6, 6.07) is 16.0. The standard InChI is InChI=1S/C18H18FNO2/c19-17-12-5-4-10-16(17)11-6-7-13-20-18(21)22-14-15-8-2-1-3-9-15/h1-6,8-12H,7,13-14H2,(H,20,21). The number of nitrogens with one attached hydrogen (secondary N) is 1. The average molecular weight is 299 g/mol. The first-order chi connectivity index (χ1) is 10.8. The van der Waals surface area contributed by atoms with Crippen molar-refractivity contribution in [3.05, 3.63) is 77.6 Å². The molecule has 0 aliphatic carbocycles. The van der Waals surface area contributed by atoms with E-state index >= 15 is 0 Å². The Bertz CT molecular complexity index is 626. The lowest BCUT2D eigenvalue weighted by Gasteiger charge is -2.05. The summed E-state index contributed by atoms with van der Waals surface area (Å²) in [5.74, 6) is -0.256. The summed E-state index contributed by atoms with van der Waals surface area (Å²) in [5.41, 5.74) is 1.48. The van der Waals surface area contributed by atoms with Crippen molar-refractivity contribution in [2.75, 3.05) is 6.54 Å². The van der Waals surface area contributed by atoms with Crippen LogP contribution in [0.1, 0.15) is 17.5 Å². The maximum atomic E-state index is 13.3. The lowest BCUT2D eigenvalue weighted by atomic mass is 10.2. The van der Waals surface area contributed by atoms with E-state index in [0.717, 1.165) is 5.56 Å². The van der Waals surface area contributed by atoms with E-state index in [2.05, 4.69) is 5.32 Å². The monoisotopic (exact) mass is 299 g/mol. The summed E-state index contributed by atoms with van der Waals surface area (Å²) >= 11 is 0. The molecule has 1 amide bonds. The summed E-state index contributed by atoms with van der Waals surface area (Å²) < 4.78 is 18.4. The summed E-state index contributed by atoms with van der Waals surface area (Å²) in [6.45, 7) is 0.691. The molecule has 0 radical (unpaired) electrons. The molecule has 0 unspecified atom stereocenters. The first-order valence-electron chi connectivity index (χ1n) is 7.11. The van der Waals surface area contributed by atoms with E-state index in [4.69, 9.17) is 4.74 Å². The van der Waals surface area contributed by atoms with E-state index in [1.807, 2.05) is 36.4 Å². The van der Waals surface area contributed by atoms with Crippen LogP contribution < -0.4 is 5.32 Å². The number of carbonyl (C=O) groups excluding carboxylic acids is 1. The van der Waals surface area contributed by atoms with E-state index in [0.29, 0.717) is 18.5 Å². The zero-order valence-electron chi connectivity index (χ0n) is 12.2. The molecule has 2 rings (SSSR count). The van der Waals surface area contributed by atoms with Gasteiger partial charge < -0.3 is 10.1 Å². The molecule has 2 aromatic carbocycles. The largest absolute Gasteiger partial charge is 0.445 e. The third-order valence-corrected chi connectivity index (χ3v) is 3.00. The van der Waals surface area contributed by atoms with Crippen molar-refractivity contribution < 1.29 is 13.9 Å². The smallest absolute Gasteiger partial charge is 0.407 e. The minimum absolute atomic E-state index is 0.248. The molecule has 1 N–H and O–H groups in total. The maximum Gasteiger partial charge on any atom is 0.407 e. The zero-order valence-corrected chi connectivity index (χ0v) is 12.2. The van der Waals surface area contributed by atoms with Crippen LogP contribution >= 0.6 is 0 Å². The van der Waals surface area contributed by atoms with E-state index in [9.17, 15) is 9.18 Å². The molecule has 2 aromatic rings. The number of hydrogen-bond donors (Lipinski definition) is 1. The van der Waals surface area contributed by atoms with Crippen LogP contribution in [0.3, 0.4) is 0 Å². The first kappa shape index (κ1) is 15.8. The van der Waals surface area contributed by atoms with Crippen LogP contribution in [0, 0.1) is 5.82 Å². The Morgan fingerprint density at radius 2 is 1.82 bits per heavy atom. The number of hydrogen-bond acceptors (Lipinski definition) is 2. The van der Waals surface area contributed by atoms with E-state index in [-0.39, 0.29) is 12.4 Å². The van der Waals surface area contributed by atoms with Crippen molar-refractivity contribution in [2.24, 2.45) is 0 Å². The highest BCUT2D eigenvalue weighted by molar-refractivity contribution is 5.67. The van der Waals surface area contributed by atoms with Crippen LogP contribution in [0.5, 0.6) is 0 Å². The Kier molecular flexibility index (Phi) is 6.18. The Morgan fingerprint density at radius 3 is 2.59 bits per heavy atom. The molecule has 0 heterocycles. The molecule has 114 valence electrons. The third-order valence-electron chi connectivity index (χ3n) is 3.00.